The highest BCUT2D eigenvalue weighted by molar-refractivity contribution is 5.77. The summed E-state index contributed by atoms with van der Waals surface area (Å²) < 4.78 is 4.97. The zero-order chi connectivity index (χ0) is 36.3. The molecule has 0 aromatic carbocycles. The molecule has 0 saturated heterocycles. The maximum atomic E-state index is 11.0. The molecule has 3 aliphatic rings. The molecule has 3 saturated carbocycles. The van der Waals surface area contributed by atoms with Crippen LogP contribution in [0.15, 0.2) is 35.5 Å². The average molecular weight is 663 g/mol. The molecule has 0 aliphatic heterocycles. The summed E-state index contributed by atoms with van der Waals surface area (Å²) in [6, 6.07) is 0. The van der Waals surface area contributed by atoms with Crippen molar-refractivity contribution in [3.05, 3.63) is 35.5 Å². The molecular weight excluding hydrogens is 592 g/mol. The highest BCUT2D eigenvalue weighted by atomic mass is 16.5. The summed E-state index contributed by atoms with van der Waals surface area (Å²) in [4.78, 5) is 40.9. The number of rotatable bonds is 13. The third-order valence-electron chi connectivity index (χ3n) is 9.20. The lowest BCUT2D eigenvalue weighted by atomic mass is 9.62. The predicted molar refractivity (Wildman–Crippen MR) is 195 cm³/mol. The lowest BCUT2D eigenvalue weighted by Gasteiger charge is -2.42. The molecule has 3 aliphatic carbocycles. The number of hydrogen-bond acceptors (Lipinski definition) is 5. The van der Waals surface area contributed by atoms with Crippen LogP contribution in [-0.4, -0.2) is 48.9 Å². The fraction of sp³-hybridized carbons (Fsp3) is 0.744. The molecule has 3 rings (SSSR count). The van der Waals surface area contributed by atoms with Crippen LogP contribution in [0.4, 0.5) is 0 Å². The summed E-state index contributed by atoms with van der Waals surface area (Å²) in [5.41, 5.74) is 10.3. The second-order valence-electron chi connectivity index (χ2n) is 12.4. The second-order valence-corrected chi connectivity index (χ2v) is 12.4. The summed E-state index contributed by atoms with van der Waals surface area (Å²) >= 11 is 0. The number of amides is 2. The van der Waals surface area contributed by atoms with E-state index in [-0.39, 0.29) is 24.3 Å². The van der Waals surface area contributed by atoms with Gasteiger partial charge in [-0.2, -0.15) is 0 Å². The van der Waals surface area contributed by atoms with Crippen molar-refractivity contribution in [3.8, 4) is 0 Å². The van der Waals surface area contributed by atoms with E-state index < -0.39 is 5.97 Å². The lowest BCUT2D eigenvalue weighted by molar-refractivity contribution is -0.139. The number of aliphatic carboxylic acids is 1. The van der Waals surface area contributed by atoms with E-state index in [1.165, 1.54) is 75.4 Å². The number of aldehydes is 1. The highest BCUT2D eigenvalue weighted by Crippen LogP contribution is 2.58. The van der Waals surface area contributed by atoms with Crippen LogP contribution in [0.25, 0.3) is 0 Å². The maximum Gasteiger partial charge on any atom is 0.305 e. The van der Waals surface area contributed by atoms with Gasteiger partial charge in [-0.3, -0.25) is 14.4 Å². The summed E-state index contributed by atoms with van der Waals surface area (Å²) in [6.07, 6.45) is 21.8. The Hall–Kier alpha value is -2.74. The summed E-state index contributed by atoms with van der Waals surface area (Å²) in [5.74, 6) is 0.543. The van der Waals surface area contributed by atoms with Gasteiger partial charge in [-0.05, 0) is 107 Å². The number of hydrogen-bond donors (Lipinski definition) is 3. The standard InChI is InChI=1S/C24H37NO.C6H12O3.C5H9NO2.2C2H6/c1-18-8-3-4-9-19(18)13-14-20-10-7-17-24(2)21(15-16-22(20)24)11-5-6-12-23(25)26;1-3-9-5(2)4-6(7)8;1-6-5(8)3-2-4-7;2*1-2/h13-14,21-22H,1,3-12,15-17H2,2H3,(H2,25,26);5H,3-4H2,1-2H3,(H,7,8);4H,2-3H2,1H3,(H,6,8);2*1-2H3/b19-13-,20-14+;;;;. The Kier molecular flexibility index (Phi) is 27.9. The number of primary amides is 1. The fourth-order valence-electron chi connectivity index (χ4n) is 6.81. The molecule has 0 aromatic heterocycles. The van der Waals surface area contributed by atoms with Crippen LogP contribution in [0.5, 0.6) is 0 Å². The van der Waals surface area contributed by atoms with Gasteiger partial charge in [-0.25, -0.2) is 0 Å². The molecule has 0 radical (unpaired) electrons. The smallest absolute Gasteiger partial charge is 0.305 e. The third kappa shape index (κ3) is 19.6. The van der Waals surface area contributed by atoms with E-state index in [1.807, 2.05) is 34.6 Å². The van der Waals surface area contributed by atoms with Crippen molar-refractivity contribution >= 4 is 24.1 Å². The summed E-state index contributed by atoms with van der Waals surface area (Å²) in [6.45, 7) is 19.0. The molecule has 4 N–H and O–H groups in total. The molecule has 8 nitrogen and oxygen atoms in total. The van der Waals surface area contributed by atoms with Crippen molar-refractivity contribution in [1.29, 1.82) is 0 Å². The number of nitrogens with one attached hydrogen (secondary N) is 1. The van der Waals surface area contributed by atoms with E-state index in [1.54, 1.807) is 19.5 Å². The van der Waals surface area contributed by atoms with Gasteiger partial charge in [0.2, 0.25) is 11.8 Å². The minimum Gasteiger partial charge on any atom is -0.481 e. The highest BCUT2D eigenvalue weighted by Gasteiger charge is 2.48. The number of unbranched alkanes of at least 4 members (excludes halogenated alkanes) is 1. The fourth-order valence-corrected chi connectivity index (χ4v) is 6.81. The summed E-state index contributed by atoms with van der Waals surface area (Å²) in [5, 5.41) is 10.6. The van der Waals surface area contributed by atoms with Crippen molar-refractivity contribution in [3.63, 3.8) is 0 Å². The summed E-state index contributed by atoms with van der Waals surface area (Å²) in [7, 11) is 1.55. The SMILES string of the molecule is C=C1CCCC/C1=C/C=C1\CCCC2(C)C(CCCCC(N)=O)CCC12.CC.CC.CCOC(C)CC(=O)O.CNC(=O)CCC=O. The molecule has 0 heterocycles. The van der Waals surface area contributed by atoms with E-state index in [0.717, 1.165) is 31.0 Å². The zero-order valence-corrected chi connectivity index (χ0v) is 31.3. The Labute approximate surface area is 287 Å². The van der Waals surface area contributed by atoms with Gasteiger partial charge in [0, 0.05) is 32.9 Å². The second kappa shape index (κ2) is 28.3. The monoisotopic (exact) mass is 663 g/mol. The number of allylic oxidation sites excluding steroid dienone is 5. The molecule has 0 bridgehead atoms. The normalized spacial score (nSPS) is 23.5. The predicted octanol–water partition coefficient (Wildman–Crippen LogP) is 8.88. The van der Waals surface area contributed by atoms with Gasteiger partial charge in [-0.15, -0.1) is 0 Å². The quantitative estimate of drug-likeness (QED) is 0.133. The van der Waals surface area contributed by atoms with E-state index in [0.29, 0.717) is 31.3 Å². The molecule has 8 heteroatoms. The Balaban J connectivity index is 0. The average Bonchev–Trinajstić information content (AvgIpc) is 3.40. The molecule has 2 amide bonds. The van der Waals surface area contributed by atoms with Crippen LogP contribution in [-0.2, 0) is 23.9 Å². The Morgan fingerprint density at radius 2 is 1.70 bits per heavy atom. The van der Waals surface area contributed by atoms with E-state index >= 15 is 0 Å². The lowest BCUT2D eigenvalue weighted by Crippen LogP contribution is -2.33. The minimum atomic E-state index is -0.809. The van der Waals surface area contributed by atoms with Crippen LogP contribution in [0, 0.1) is 17.3 Å². The molecule has 3 fully saturated rings. The molecule has 47 heavy (non-hydrogen) atoms. The van der Waals surface area contributed by atoms with Crippen molar-refractivity contribution in [2.24, 2.45) is 23.0 Å². The Morgan fingerprint density at radius 1 is 1.04 bits per heavy atom. The van der Waals surface area contributed by atoms with Gasteiger partial charge in [0.15, 0.2) is 0 Å². The maximum absolute atomic E-state index is 11.0. The molecule has 4 unspecified atom stereocenters. The topological polar surface area (TPSA) is 136 Å². The third-order valence-corrected chi connectivity index (χ3v) is 9.20. The van der Waals surface area contributed by atoms with Crippen molar-refractivity contribution in [1.82, 2.24) is 5.32 Å². The van der Waals surface area contributed by atoms with Crippen molar-refractivity contribution in [2.75, 3.05) is 13.7 Å². The van der Waals surface area contributed by atoms with Crippen LogP contribution < -0.4 is 11.1 Å². The van der Waals surface area contributed by atoms with Gasteiger partial charge in [-0.1, -0.05) is 70.9 Å². The first-order valence-electron chi connectivity index (χ1n) is 18.3. The number of ether oxygens (including phenoxy) is 1. The molecule has 0 spiro atoms. The van der Waals surface area contributed by atoms with E-state index in [2.05, 4.69) is 31.0 Å². The first-order valence-corrected chi connectivity index (χ1v) is 18.3. The van der Waals surface area contributed by atoms with Crippen molar-refractivity contribution < 1.29 is 29.0 Å². The van der Waals surface area contributed by atoms with Crippen LogP contribution in [0.1, 0.15) is 151 Å². The van der Waals surface area contributed by atoms with Crippen molar-refractivity contribution in [2.45, 2.75) is 157 Å². The number of nitrogens with two attached hydrogens (primary N) is 1. The first-order chi connectivity index (χ1) is 22.5. The van der Waals surface area contributed by atoms with Gasteiger partial charge >= 0.3 is 5.97 Å². The number of carboxylic acid groups (broad SMARTS) is 1. The molecule has 0 aromatic rings. The van der Waals surface area contributed by atoms with Crippen LogP contribution in [0.2, 0.25) is 0 Å². The molecule has 4 atom stereocenters. The van der Waals surface area contributed by atoms with E-state index in [9.17, 15) is 19.2 Å². The van der Waals surface area contributed by atoms with Crippen LogP contribution in [0.3, 0.4) is 0 Å². The van der Waals surface area contributed by atoms with Gasteiger partial charge in [0.1, 0.15) is 6.29 Å². The van der Waals surface area contributed by atoms with Gasteiger partial charge in [0.05, 0.1) is 12.5 Å². The molecular formula is C39H70N2O6. The van der Waals surface area contributed by atoms with Gasteiger partial charge < -0.3 is 25.7 Å². The largest absolute Gasteiger partial charge is 0.481 e. The number of carboxylic acids is 1. The van der Waals surface area contributed by atoms with Gasteiger partial charge in [0.25, 0.3) is 0 Å². The molecule has 272 valence electrons. The number of fused-ring (bicyclic) bond motifs is 1. The van der Waals surface area contributed by atoms with Crippen LogP contribution >= 0.6 is 0 Å². The van der Waals surface area contributed by atoms with E-state index in [4.69, 9.17) is 15.6 Å². The number of carbonyl (C=O) groups excluding carboxylic acids is 3. The first kappa shape index (κ1) is 46.4. The minimum absolute atomic E-state index is 0.0860. The number of carbonyl (C=O) groups is 4. The Bertz CT molecular complexity index is 973. The Morgan fingerprint density at radius 3 is 2.26 bits per heavy atom. The zero-order valence-electron chi connectivity index (χ0n) is 31.3.